The summed E-state index contributed by atoms with van der Waals surface area (Å²) in [5, 5.41) is 12.4. The molecule has 0 spiro atoms. The van der Waals surface area contributed by atoms with Gasteiger partial charge in [-0.3, -0.25) is 4.79 Å². The second-order valence-corrected chi connectivity index (χ2v) is 6.10. The van der Waals surface area contributed by atoms with Crippen LogP contribution in [0.25, 0.3) is 0 Å². The summed E-state index contributed by atoms with van der Waals surface area (Å²) in [6.45, 7) is 6.75. The lowest BCUT2D eigenvalue weighted by Crippen LogP contribution is -2.39. The molecule has 0 aliphatic carbocycles. The van der Waals surface area contributed by atoms with E-state index in [0.29, 0.717) is 25.1 Å². The number of oxime groups is 1. The summed E-state index contributed by atoms with van der Waals surface area (Å²) in [5.74, 6) is 0.122. The van der Waals surface area contributed by atoms with Gasteiger partial charge in [0.25, 0.3) is 0 Å². The molecule has 4 heteroatoms. The number of nitrogens with zero attached hydrogens (tertiary/aromatic N) is 2. The average molecular weight is 260 g/mol. The first-order valence-corrected chi connectivity index (χ1v) is 6.53. The number of fused-ring (bicyclic) bond motifs is 1. The highest BCUT2D eigenvalue weighted by atomic mass is 16.4. The van der Waals surface area contributed by atoms with Crippen LogP contribution in [0.15, 0.2) is 29.4 Å². The zero-order valence-electron chi connectivity index (χ0n) is 11.7. The van der Waals surface area contributed by atoms with Crippen molar-refractivity contribution in [1.29, 1.82) is 0 Å². The molecule has 1 N–H and O–H groups in total. The van der Waals surface area contributed by atoms with Gasteiger partial charge in [-0.05, 0) is 11.5 Å². The van der Waals surface area contributed by atoms with E-state index in [2.05, 4.69) is 25.9 Å². The van der Waals surface area contributed by atoms with Crippen molar-refractivity contribution in [2.45, 2.75) is 33.6 Å². The van der Waals surface area contributed by atoms with Crippen LogP contribution in [0.1, 0.15) is 39.2 Å². The molecule has 0 fully saturated rings. The molecule has 4 nitrogen and oxygen atoms in total. The molecule has 2 rings (SSSR count). The van der Waals surface area contributed by atoms with Crippen LogP contribution >= 0.6 is 0 Å². The minimum atomic E-state index is -0.0304. The molecule has 0 radical (unpaired) electrons. The standard InChI is InChI=1S/C15H20N2O2/c1-15(2,3)10-14(18)17-9-8-12(16-19)11-6-4-5-7-13(11)17/h4-7,19H,8-10H2,1-3H3. The molecule has 0 bridgehead atoms. The molecule has 0 aromatic heterocycles. The minimum Gasteiger partial charge on any atom is -0.411 e. The molecule has 0 saturated heterocycles. The number of para-hydroxylation sites is 1. The van der Waals surface area contributed by atoms with Crippen LogP contribution in [0.5, 0.6) is 0 Å². The Morgan fingerprint density at radius 3 is 2.68 bits per heavy atom. The van der Waals surface area contributed by atoms with Gasteiger partial charge in [0, 0.05) is 24.9 Å². The smallest absolute Gasteiger partial charge is 0.227 e. The number of anilines is 1. The summed E-state index contributed by atoms with van der Waals surface area (Å²) in [7, 11) is 0. The second kappa shape index (κ2) is 5.03. The molecule has 0 unspecified atom stereocenters. The molecule has 1 aliphatic heterocycles. The van der Waals surface area contributed by atoms with E-state index >= 15 is 0 Å². The monoisotopic (exact) mass is 260 g/mol. The highest BCUT2D eigenvalue weighted by Gasteiger charge is 2.28. The lowest BCUT2D eigenvalue weighted by molar-refractivity contribution is -0.120. The lowest BCUT2D eigenvalue weighted by atomic mass is 9.90. The zero-order chi connectivity index (χ0) is 14.0. The summed E-state index contributed by atoms with van der Waals surface area (Å²) in [4.78, 5) is 14.2. The number of carbonyl (C=O) groups is 1. The molecular formula is C15H20N2O2. The minimum absolute atomic E-state index is 0.0304. The summed E-state index contributed by atoms with van der Waals surface area (Å²) in [6.07, 6.45) is 1.09. The van der Waals surface area contributed by atoms with Crippen LogP contribution in [-0.2, 0) is 4.79 Å². The van der Waals surface area contributed by atoms with Gasteiger partial charge in [0.1, 0.15) is 0 Å². The van der Waals surface area contributed by atoms with E-state index < -0.39 is 0 Å². The third-order valence-electron chi connectivity index (χ3n) is 3.18. The van der Waals surface area contributed by atoms with Crippen molar-refractivity contribution in [3.63, 3.8) is 0 Å². The number of hydrogen-bond donors (Lipinski definition) is 1. The number of amides is 1. The first kappa shape index (κ1) is 13.6. The summed E-state index contributed by atoms with van der Waals surface area (Å²) in [6, 6.07) is 7.58. The van der Waals surface area contributed by atoms with Crippen molar-refractivity contribution in [2.24, 2.45) is 10.6 Å². The SMILES string of the molecule is CC(C)(C)CC(=O)N1CCC(=NO)c2ccccc21. The normalized spacial score (nSPS) is 17.4. The number of rotatable bonds is 1. The zero-order valence-corrected chi connectivity index (χ0v) is 11.7. The third kappa shape index (κ3) is 2.95. The van der Waals surface area contributed by atoms with E-state index in [1.165, 1.54) is 0 Å². The summed E-state index contributed by atoms with van der Waals surface area (Å²) >= 11 is 0. The Kier molecular flexibility index (Phi) is 3.60. The Morgan fingerprint density at radius 2 is 2.05 bits per heavy atom. The quantitative estimate of drug-likeness (QED) is 0.623. The van der Waals surface area contributed by atoms with E-state index in [-0.39, 0.29) is 11.3 Å². The molecule has 1 aromatic rings. The first-order valence-electron chi connectivity index (χ1n) is 6.53. The van der Waals surface area contributed by atoms with Crippen molar-refractivity contribution in [1.82, 2.24) is 0 Å². The van der Waals surface area contributed by atoms with Crippen molar-refractivity contribution in [2.75, 3.05) is 11.4 Å². The molecule has 19 heavy (non-hydrogen) atoms. The Morgan fingerprint density at radius 1 is 1.37 bits per heavy atom. The highest BCUT2D eigenvalue weighted by molar-refractivity contribution is 6.11. The van der Waals surface area contributed by atoms with Gasteiger partial charge in [0.2, 0.25) is 5.91 Å². The van der Waals surface area contributed by atoms with Gasteiger partial charge < -0.3 is 10.1 Å². The number of hydrogen-bond acceptors (Lipinski definition) is 3. The second-order valence-electron chi connectivity index (χ2n) is 6.10. The summed E-state index contributed by atoms with van der Waals surface area (Å²) in [5.41, 5.74) is 2.31. The maximum Gasteiger partial charge on any atom is 0.227 e. The van der Waals surface area contributed by atoms with Gasteiger partial charge >= 0.3 is 0 Å². The van der Waals surface area contributed by atoms with Crippen molar-refractivity contribution in [3.05, 3.63) is 29.8 Å². The van der Waals surface area contributed by atoms with Crippen LogP contribution in [0.4, 0.5) is 5.69 Å². The van der Waals surface area contributed by atoms with Crippen LogP contribution in [0, 0.1) is 5.41 Å². The fraction of sp³-hybridized carbons (Fsp3) is 0.467. The van der Waals surface area contributed by atoms with Crippen LogP contribution < -0.4 is 4.90 Å². The van der Waals surface area contributed by atoms with Gasteiger partial charge in [0.05, 0.1) is 11.4 Å². The van der Waals surface area contributed by atoms with E-state index in [1.807, 2.05) is 24.3 Å². The van der Waals surface area contributed by atoms with Gasteiger partial charge in [-0.1, -0.05) is 44.1 Å². The largest absolute Gasteiger partial charge is 0.411 e. The first-order chi connectivity index (χ1) is 8.92. The fourth-order valence-electron chi connectivity index (χ4n) is 2.34. The molecule has 1 heterocycles. The Bertz CT molecular complexity index is 515. The maximum absolute atomic E-state index is 12.4. The average Bonchev–Trinajstić information content (AvgIpc) is 2.35. The van der Waals surface area contributed by atoms with Crippen LogP contribution in [-0.4, -0.2) is 23.4 Å². The van der Waals surface area contributed by atoms with E-state index in [4.69, 9.17) is 5.21 Å². The van der Waals surface area contributed by atoms with Crippen molar-refractivity contribution in [3.8, 4) is 0 Å². The number of benzene rings is 1. The predicted octanol–water partition coefficient (Wildman–Crippen LogP) is 3.04. The number of carbonyl (C=O) groups excluding carboxylic acids is 1. The maximum atomic E-state index is 12.4. The topological polar surface area (TPSA) is 52.9 Å². The fourth-order valence-corrected chi connectivity index (χ4v) is 2.34. The lowest BCUT2D eigenvalue weighted by Gasteiger charge is -2.31. The van der Waals surface area contributed by atoms with E-state index in [9.17, 15) is 4.79 Å². The molecule has 0 saturated carbocycles. The Labute approximate surface area is 113 Å². The van der Waals surface area contributed by atoms with Crippen LogP contribution in [0.2, 0.25) is 0 Å². The summed E-state index contributed by atoms with van der Waals surface area (Å²) < 4.78 is 0. The molecule has 1 amide bonds. The van der Waals surface area contributed by atoms with Crippen molar-refractivity contribution < 1.29 is 10.0 Å². The molecular weight excluding hydrogens is 240 g/mol. The predicted molar refractivity (Wildman–Crippen MR) is 75.8 cm³/mol. The van der Waals surface area contributed by atoms with Crippen molar-refractivity contribution >= 4 is 17.3 Å². The highest BCUT2D eigenvalue weighted by Crippen LogP contribution is 2.30. The van der Waals surface area contributed by atoms with E-state index in [0.717, 1.165) is 11.3 Å². The van der Waals surface area contributed by atoms with Crippen LogP contribution in [0.3, 0.4) is 0 Å². The third-order valence-corrected chi connectivity index (χ3v) is 3.18. The Balaban J connectivity index is 2.32. The van der Waals surface area contributed by atoms with E-state index in [1.54, 1.807) is 4.90 Å². The Hall–Kier alpha value is -1.84. The molecule has 102 valence electrons. The van der Waals surface area contributed by atoms with Gasteiger partial charge in [-0.25, -0.2) is 0 Å². The van der Waals surface area contributed by atoms with Gasteiger partial charge in [-0.2, -0.15) is 0 Å². The van der Waals surface area contributed by atoms with Gasteiger partial charge in [0.15, 0.2) is 0 Å². The molecule has 1 aliphatic rings. The van der Waals surface area contributed by atoms with Gasteiger partial charge in [-0.15, -0.1) is 0 Å². The molecule has 0 atom stereocenters. The molecule has 1 aromatic carbocycles.